The molecule has 22 heavy (non-hydrogen) atoms. The van der Waals surface area contributed by atoms with Gasteiger partial charge in [-0.2, -0.15) is 0 Å². The van der Waals surface area contributed by atoms with Gasteiger partial charge in [0.05, 0.1) is 0 Å². The summed E-state index contributed by atoms with van der Waals surface area (Å²) in [5.41, 5.74) is 6.96. The summed E-state index contributed by atoms with van der Waals surface area (Å²) in [6.07, 6.45) is 4.04. The van der Waals surface area contributed by atoms with Gasteiger partial charge >= 0.3 is 6.09 Å². The predicted octanol–water partition coefficient (Wildman–Crippen LogP) is 2.12. The number of nitrogens with one attached hydrogen (secondary N) is 1. The van der Waals surface area contributed by atoms with Crippen LogP contribution in [0, 0.1) is 0 Å². The van der Waals surface area contributed by atoms with Crippen LogP contribution in [-0.2, 0) is 11.3 Å². The quantitative estimate of drug-likeness (QED) is 0.757. The number of alkyl carbamates (subject to hydrolysis) is 1. The van der Waals surface area contributed by atoms with Crippen molar-refractivity contribution in [2.45, 2.75) is 38.3 Å². The first-order valence-electron chi connectivity index (χ1n) is 8.16. The lowest BCUT2D eigenvalue weighted by atomic mass is 10.1. The van der Waals surface area contributed by atoms with Crippen molar-refractivity contribution in [1.82, 2.24) is 10.2 Å². The molecule has 1 unspecified atom stereocenters. The van der Waals surface area contributed by atoms with Crippen molar-refractivity contribution in [2.24, 2.45) is 5.73 Å². The maximum atomic E-state index is 11.6. The van der Waals surface area contributed by atoms with Crippen LogP contribution in [0.3, 0.4) is 0 Å². The molecule has 1 aliphatic heterocycles. The predicted molar refractivity (Wildman–Crippen MR) is 87.5 cm³/mol. The Kier molecular flexibility index (Phi) is 7.19. The van der Waals surface area contributed by atoms with Gasteiger partial charge in [-0.25, -0.2) is 4.79 Å². The topological polar surface area (TPSA) is 67.6 Å². The van der Waals surface area contributed by atoms with Gasteiger partial charge in [-0.15, -0.1) is 0 Å². The largest absolute Gasteiger partial charge is 0.445 e. The highest BCUT2D eigenvalue weighted by Crippen LogP contribution is 2.08. The monoisotopic (exact) mass is 305 g/mol. The number of benzene rings is 1. The molecule has 1 atom stereocenters. The number of carbonyl (C=O) groups excluding carboxylic acids is 1. The minimum Gasteiger partial charge on any atom is -0.445 e. The molecule has 0 spiro atoms. The number of rotatable bonds is 7. The highest BCUT2D eigenvalue weighted by atomic mass is 16.5. The van der Waals surface area contributed by atoms with Gasteiger partial charge in [0.25, 0.3) is 0 Å². The van der Waals surface area contributed by atoms with Crippen LogP contribution in [0.15, 0.2) is 30.3 Å². The van der Waals surface area contributed by atoms with Gasteiger partial charge in [0.2, 0.25) is 0 Å². The number of ether oxygens (including phenoxy) is 1. The second kappa shape index (κ2) is 9.43. The first kappa shape index (κ1) is 16.8. The summed E-state index contributed by atoms with van der Waals surface area (Å²) < 4.78 is 5.16. The molecule has 1 aliphatic rings. The van der Waals surface area contributed by atoms with E-state index in [-0.39, 0.29) is 6.09 Å². The van der Waals surface area contributed by atoms with Gasteiger partial charge in [-0.05, 0) is 44.3 Å². The molecule has 0 saturated carbocycles. The number of nitrogens with zero attached hydrogens (tertiary/aromatic N) is 1. The first-order chi connectivity index (χ1) is 10.7. The zero-order chi connectivity index (χ0) is 15.6. The fourth-order valence-electron chi connectivity index (χ4n) is 2.72. The Morgan fingerprint density at radius 1 is 1.32 bits per heavy atom. The molecular formula is C17H27N3O2. The number of likely N-dealkylation sites (tertiary alicyclic amines) is 1. The van der Waals surface area contributed by atoms with Crippen molar-refractivity contribution in [1.29, 1.82) is 0 Å². The Hall–Kier alpha value is -1.59. The van der Waals surface area contributed by atoms with Crippen LogP contribution in [-0.4, -0.2) is 43.2 Å². The summed E-state index contributed by atoms with van der Waals surface area (Å²) in [7, 11) is 0. The van der Waals surface area contributed by atoms with Gasteiger partial charge < -0.3 is 20.7 Å². The van der Waals surface area contributed by atoms with Crippen LogP contribution in [0.25, 0.3) is 0 Å². The highest BCUT2D eigenvalue weighted by Gasteiger charge is 2.15. The smallest absolute Gasteiger partial charge is 0.407 e. The molecule has 1 fully saturated rings. The summed E-state index contributed by atoms with van der Waals surface area (Å²) in [5, 5.41) is 2.80. The van der Waals surface area contributed by atoms with E-state index in [1.165, 1.54) is 6.42 Å². The summed E-state index contributed by atoms with van der Waals surface area (Å²) in [5.74, 6) is 0. The molecule has 0 radical (unpaired) electrons. The van der Waals surface area contributed by atoms with Crippen molar-refractivity contribution < 1.29 is 9.53 Å². The molecule has 0 aliphatic carbocycles. The third kappa shape index (κ3) is 6.45. The number of amides is 1. The van der Waals surface area contributed by atoms with Crippen molar-refractivity contribution in [2.75, 3.05) is 26.2 Å². The van der Waals surface area contributed by atoms with E-state index in [1.807, 2.05) is 30.3 Å². The Labute approximate surface area is 132 Å². The van der Waals surface area contributed by atoms with E-state index in [4.69, 9.17) is 10.5 Å². The molecule has 5 heteroatoms. The molecular weight excluding hydrogens is 278 g/mol. The van der Waals surface area contributed by atoms with Crippen LogP contribution >= 0.6 is 0 Å². The van der Waals surface area contributed by atoms with Crippen molar-refractivity contribution >= 4 is 6.09 Å². The lowest BCUT2D eigenvalue weighted by Crippen LogP contribution is -2.43. The zero-order valence-corrected chi connectivity index (χ0v) is 13.2. The van der Waals surface area contributed by atoms with Crippen molar-refractivity contribution in [3.8, 4) is 0 Å². The lowest BCUT2D eigenvalue weighted by Gasteiger charge is -2.30. The summed E-state index contributed by atoms with van der Waals surface area (Å²) in [6.45, 7) is 4.20. The molecule has 2 rings (SSSR count). The highest BCUT2D eigenvalue weighted by molar-refractivity contribution is 5.67. The van der Waals surface area contributed by atoms with E-state index < -0.39 is 0 Å². The first-order valence-corrected chi connectivity index (χ1v) is 8.16. The number of nitrogens with two attached hydrogens (primary N) is 1. The molecule has 1 heterocycles. The molecule has 0 aromatic heterocycles. The zero-order valence-electron chi connectivity index (χ0n) is 13.2. The van der Waals surface area contributed by atoms with E-state index in [0.717, 1.165) is 44.5 Å². The molecule has 5 nitrogen and oxygen atoms in total. The van der Waals surface area contributed by atoms with Gasteiger partial charge in [0.1, 0.15) is 6.61 Å². The van der Waals surface area contributed by atoms with Crippen molar-refractivity contribution in [3.05, 3.63) is 35.9 Å². The second-order valence-electron chi connectivity index (χ2n) is 5.90. The Morgan fingerprint density at radius 3 is 2.91 bits per heavy atom. The normalized spacial score (nSPS) is 18.9. The molecule has 3 N–H and O–H groups in total. The molecule has 1 saturated heterocycles. The summed E-state index contributed by atoms with van der Waals surface area (Å²) in [4.78, 5) is 14.0. The molecule has 1 amide bonds. The maximum absolute atomic E-state index is 11.6. The Balaban J connectivity index is 1.48. The average Bonchev–Trinajstić information content (AvgIpc) is 2.54. The number of carbonyl (C=O) groups is 1. The third-order valence-corrected chi connectivity index (χ3v) is 3.93. The van der Waals surface area contributed by atoms with E-state index in [0.29, 0.717) is 19.2 Å². The molecule has 1 aromatic rings. The van der Waals surface area contributed by atoms with E-state index in [1.54, 1.807) is 0 Å². The van der Waals surface area contributed by atoms with Crippen LogP contribution in [0.2, 0.25) is 0 Å². The summed E-state index contributed by atoms with van der Waals surface area (Å²) in [6, 6.07) is 10.0. The van der Waals surface area contributed by atoms with Crippen LogP contribution < -0.4 is 11.1 Å². The Bertz CT molecular complexity index is 439. The minimum absolute atomic E-state index is 0.318. The fourth-order valence-corrected chi connectivity index (χ4v) is 2.72. The number of unbranched alkanes of at least 4 members (excludes halogenated alkanes) is 1. The molecule has 1 aromatic carbocycles. The minimum atomic E-state index is -0.344. The van der Waals surface area contributed by atoms with Gasteiger partial charge in [0, 0.05) is 19.1 Å². The van der Waals surface area contributed by atoms with E-state index >= 15 is 0 Å². The Morgan fingerprint density at radius 2 is 2.14 bits per heavy atom. The maximum Gasteiger partial charge on any atom is 0.407 e. The number of hydrogen-bond donors (Lipinski definition) is 2. The second-order valence-corrected chi connectivity index (χ2v) is 5.90. The van der Waals surface area contributed by atoms with Gasteiger partial charge in [0.15, 0.2) is 0 Å². The van der Waals surface area contributed by atoms with E-state index in [2.05, 4.69) is 10.2 Å². The lowest BCUT2D eigenvalue weighted by molar-refractivity contribution is 0.139. The van der Waals surface area contributed by atoms with Crippen LogP contribution in [0.4, 0.5) is 4.79 Å². The van der Waals surface area contributed by atoms with Crippen LogP contribution in [0.1, 0.15) is 31.2 Å². The van der Waals surface area contributed by atoms with Crippen molar-refractivity contribution in [3.63, 3.8) is 0 Å². The van der Waals surface area contributed by atoms with Crippen LogP contribution in [0.5, 0.6) is 0 Å². The molecule has 122 valence electrons. The molecule has 0 bridgehead atoms. The number of piperidine rings is 1. The average molecular weight is 305 g/mol. The van der Waals surface area contributed by atoms with Gasteiger partial charge in [-0.3, -0.25) is 0 Å². The van der Waals surface area contributed by atoms with Gasteiger partial charge in [-0.1, -0.05) is 30.3 Å². The SMILES string of the molecule is NC1CCCN(CCCCNC(=O)OCc2ccccc2)C1. The standard InChI is InChI=1S/C17H27N3O2/c18-16-9-6-12-20(13-16)11-5-4-10-19-17(21)22-14-15-7-2-1-3-8-15/h1-3,7-8,16H,4-6,9-14,18H2,(H,19,21). The summed E-state index contributed by atoms with van der Waals surface area (Å²) >= 11 is 0. The number of hydrogen-bond acceptors (Lipinski definition) is 4. The fraction of sp³-hybridized carbons (Fsp3) is 0.588. The van der Waals surface area contributed by atoms with E-state index in [9.17, 15) is 4.79 Å². The third-order valence-electron chi connectivity index (χ3n) is 3.93.